The second-order valence-corrected chi connectivity index (χ2v) is 13.1. The van der Waals surface area contributed by atoms with Crippen LogP contribution < -0.4 is 0 Å². The first-order valence-electron chi connectivity index (χ1n) is 13.1. The molecule has 4 atom stereocenters. The van der Waals surface area contributed by atoms with Gasteiger partial charge in [-0.2, -0.15) is 13.2 Å². The molecule has 4 nitrogen and oxygen atoms in total. The third-order valence-electron chi connectivity index (χ3n) is 8.66. The molecule has 0 saturated heterocycles. The van der Waals surface area contributed by atoms with Gasteiger partial charge in [-0.25, -0.2) is 17.2 Å². The van der Waals surface area contributed by atoms with Crippen LogP contribution in [0.5, 0.6) is 0 Å². The lowest BCUT2D eigenvalue weighted by Crippen LogP contribution is -2.45. The first kappa shape index (κ1) is 28.4. The number of aromatic nitrogens is 1. The summed E-state index contributed by atoms with van der Waals surface area (Å²) in [5, 5.41) is 0. The maximum Gasteiger partial charge on any atom is 0.426 e. The zero-order valence-electron chi connectivity index (χ0n) is 21.7. The molecule has 0 spiro atoms. The molecule has 212 valence electrons. The predicted octanol–water partition coefficient (Wildman–Crippen LogP) is 6.81. The summed E-state index contributed by atoms with van der Waals surface area (Å²) in [4.78, 5) is 16.9. The van der Waals surface area contributed by atoms with Crippen molar-refractivity contribution in [1.29, 1.82) is 0 Å². The van der Waals surface area contributed by atoms with Gasteiger partial charge in [-0.3, -0.25) is 9.78 Å². The molecule has 3 aromatic rings. The summed E-state index contributed by atoms with van der Waals surface area (Å²) in [7, 11) is -4.20. The van der Waals surface area contributed by atoms with Crippen LogP contribution in [0.1, 0.15) is 54.9 Å². The molecule has 0 aliphatic heterocycles. The summed E-state index contributed by atoms with van der Waals surface area (Å²) in [5.74, 6) is -1.44. The van der Waals surface area contributed by atoms with E-state index in [1.165, 1.54) is 18.2 Å². The van der Waals surface area contributed by atoms with E-state index in [1.54, 1.807) is 24.5 Å². The zero-order chi connectivity index (χ0) is 28.9. The number of carbonyl (C=O) groups excluding carboxylic acids is 1. The van der Waals surface area contributed by atoms with Crippen molar-refractivity contribution in [3.63, 3.8) is 0 Å². The van der Waals surface area contributed by atoms with E-state index in [4.69, 9.17) is 0 Å². The molecule has 0 radical (unpaired) electrons. The molecule has 1 aromatic heterocycles. The van der Waals surface area contributed by atoms with Crippen molar-refractivity contribution in [2.24, 2.45) is 11.8 Å². The first-order chi connectivity index (χ1) is 18.8. The molecule has 10 heteroatoms. The molecule has 0 bridgehead atoms. The van der Waals surface area contributed by atoms with Crippen LogP contribution in [0, 0.1) is 17.7 Å². The molecular weight excluding hydrogens is 549 g/mol. The quantitative estimate of drug-likeness (QED) is 0.229. The van der Waals surface area contributed by atoms with E-state index >= 15 is 0 Å². The summed E-state index contributed by atoms with van der Waals surface area (Å²) in [5.41, 5.74) is -2.73. The Labute approximate surface area is 229 Å². The second kappa shape index (κ2) is 10.0. The molecule has 40 heavy (non-hydrogen) atoms. The maximum atomic E-state index is 14.9. The van der Waals surface area contributed by atoms with Crippen LogP contribution in [0.25, 0.3) is 0 Å². The normalized spacial score (nSPS) is 24.1. The number of ketones is 1. The van der Waals surface area contributed by atoms with E-state index in [9.17, 15) is 35.2 Å². The van der Waals surface area contributed by atoms with Crippen molar-refractivity contribution in [3.8, 4) is 0 Å². The van der Waals surface area contributed by atoms with Crippen molar-refractivity contribution in [2.45, 2.75) is 66.9 Å². The molecule has 2 aliphatic rings. The molecule has 1 saturated carbocycles. The highest BCUT2D eigenvalue weighted by atomic mass is 32.2. The Morgan fingerprint density at radius 1 is 1.00 bits per heavy atom. The SMILES string of the molecule is CC(F)(c1ccc2c(c1)CC[C@@H]1[C@@H](CC(=O)Cc3ccncc3)CC[C@]21S(=O)(=O)c1ccc(F)cc1)C(F)(F)F. The molecule has 2 aliphatic carbocycles. The number of fused-ring (bicyclic) bond motifs is 3. The monoisotopic (exact) mass is 577 g/mol. The lowest BCUT2D eigenvalue weighted by atomic mass is 9.72. The molecule has 0 N–H and O–H groups in total. The molecule has 0 amide bonds. The number of aryl methyl sites for hydroxylation is 1. The average molecular weight is 578 g/mol. The van der Waals surface area contributed by atoms with Gasteiger partial charge in [-0.1, -0.05) is 18.2 Å². The molecule has 1 unspecified atom stereocenters. The van der Waals surface area contributed by atoms with Crippen LogP contribution in [-0.4, -0.2) is 25.4 Å². The number of benzene rings is 2. The number of halogens is 5. The number of hydrogen-bond acceptors (Lipinski definition) is 4. The van der Waals surface area contributed by atoms with E-state index in [1.807, 2.05) is 0 Å². The van der Waals surface area contributed by atoms with Gasteiger partial charge in [0.25, 0.3) is 0 Å². The topological polar surface area (TPSA) is 64.1 Å². The van der Waals surface area contributed by atoms with Crippen LogP contribution in [-0.2, 0) is 37.9 Å². The smallest absolute Gasteiger partial charge is 0.299 e. The fourth-order valence-electron chi connectivity index (χ4n) is 6.59. The van der Waals surface area contributed by atoms with Gasteiger partial charge < -0.3 is 0 Å². The summed E-state index contributed by atoms with van der Waals surface area (Å²) < 4.78 is 96.2. The number of rotatable bonds is 7. The molecule has 2 aromatic carbocycles. The van der Waals surface area contributed by atoms with Crippen molar-refractivity contribution >= 4 is 15.6 Å². The molecule has 5 rings (SSSR count). The van der Waals surface area contributed by atoms with Gasteiger partial charge in [0.1, 0.15) is 16.3 Å². The summed E-state index contributed by atoms with van der Waals surface area (Å²) in [6.07, 6.45) is -0.535. The van der Waals surface area contributed by atoms with Crippen molar-refractivity contribution in [1.82, 2.24) is 4.98 Å². The number of alkyl halides is 4. The Morgan fingerprint density at radius 2 is 1.68 bits per heavy atom. The predicted molar refractivity (Wildman–Crippen MR) is 138 cm³/mol. The number of pyridine rings is 1. The zero-order valence-corrected chi connectivity index (χ0v) is 22.5. The highest BCUT2D eigenvalue weighted by molar-refractivity contribution is 7.92. The highest BCUT2D eigenvalue weighted by Gasteiger charge is 2.61. The van der Waals surface area contributed by atoms with Gasteiger partial charge in [0, 0.05) is 25.2 Å². The standard InChI is InChI=1S/C30H28F5NO3S/c1-28(32,30(33,34)35)22-3-9-27-20(17-22)2-8-26-21(18-24(37)16-19-11-14-36-15-12-19)10-13-29(26,27)40(38,39)25-6-4-23(31)5-7-25/h3-7,9,11-12,14-15,17,21,26H,2,8,10,13,16,18H2,1H3/t21-,26-,28?,29-/m1/s1. The van der Waals surface area contributed by atoms with Crippen LogP contribution >= 0.6 is 0 Å². The van der Waals surface area contributed by atoms with Crippen LogP contribution in [0.15, 0.2) is 71.9 Å². The minimum atomic E-state index is -5.15. The van der Waals surface area contributed by atoms with Crippen LogP contribution in [0.2, 0.25) is 0 Å². The number of Topliss-reactive ketones (excluding diaryl/α,β-unsaturated/α-hetero) is 1. The molecule has 1 fully saturated rings. The van der Waals surface area contributed by atoms with Crippen molar-refractivity contribution < 1.29 is 35.2 Å². The fraction of sp³-hybridized carbons (Fsp3) is 0.400. The Balaban J connectivity index is 1.58. The Morgan fingerprint density at radius 3 is 2.33 bits per heavy atom. The van der Waals surface area contributed by atoms with E-state index in [-0.39, 0.29) is 42.3 Å². The average Bonchev–Trinajstić information content (AvgIpc) is 3.28. The third kappa shape index (κ3) is 4.63. The fourth-order valence-corrected chi connectivity index (χ4v) is 9.09. The van der Waals surface area contributed by atoms with E-state index < -0.39 is 43.7 Å². The van der Waals surface area contributed by atoms with Gasteiger partial charge in [0.15, 0.2) is 9.84 Å². The largest absolute Gasteiger partial charge is 0.426 e. The summed E-state index contributed by atoms with van der Waals surface area (Å²) in [6, 6.07) is 11.4. The van der Waals surface area contributed by atoms with Crippen LogP contribution in [0.4, 0.5) is 22.0 Å². The number of carbonyl (C=O) groups is 1. The number of nitrogens with zero attached hydrogens (tertiary/aromatic N) is 1. The van der Waals surface area contributed by atoms with E-state index in [0.29, 0.717) is 30.9 Å². The van der Waals surface area contributed by atoms with Gasteiger partial charge in [-0.05, 0) is 103 Å². The van der Waals surface area contributed by atoms with Gasteiger partial charge in [0.05, 0.1) is 4.90 Å². The second-order valence-electron chi connectivity index (χ2n) is 10.9. The third-order valence-corrected chi connectivity index (χ3v) is 11.2. The Bertz CT molecular complexity index is 1520. The van der Waals surface area contributed by atoms with Crippen molar-refractivity contribution in [2.75, 3.05) is 0 Å². The molecular formula is C30H28F5NO3S. The van der Waals surface area contributed by atoms with Gasteiger partial charge in [0.2, 0.25) is 5.67 Å². The van der Waals surface area contributed by atoms with Crippen molar-refractivity contribution in [3.05, 3.63) is 95.1 Å². The van der Waals surface area contributed by atoms with Crippen LogP contribution in [0.3, 0.4) is 0 Å². The first-order valence-corrected chi connectivity index (χ1v) is 14.6. The Hall–Kier alpha value is -3.14. The maximum absolute atomic E-state index is 14.9. The van der Waals surface area contributed by atoms with E-state index in [0.717, 1.165) is 29.8 Å². The summed E-state index contributed by atoms with van der Waals surface area (Å²) in [6.45, 7) is 0.450. The molecule has 1 heterocycles. The number of sulfone groups is 1. The Kier molecular flexibility index (Phi) is 7.13. The minimum Gasteiger partial charge on any atom is -0.299 e. The summed E-state index contributed by atoms with van der Waals surface area (Å²) >= 11 is 0. The minimum absolute atomic E-state index is 0.0503. The van der Waals surface area contributed by atoms with Gasteiger partial charge >= 0.3 is 6.18 Å². The lowest BCUT2D eigenvalue weighted by molar-refractivity contribution is -0.228. The highest BCUT2D eigenvalue weighted by Crippen LogP contribution is 2.60. The van der Waals surface area contributed by atoms with Gasteiger partial charge in [-0.15, -0.1) is 0 Å². The van der Waals surface area contributed by atoms with E-state index in [2.05, 4.69) is 4.98 Å². The number of hydrogen-bond donors (Lipinski definition) is 0. The lowest BCUT2D eigenvalue weighted by Gasteiger charge is -2.43.